The van der Waals surface area contributed by atoms with Crippen LogP contribution in [0.25, 0.3) is 0 Å². The molecule has 1 aliphatic rings. The van der Waals surface area contributed by atoms with Gasteiger partial charge in [-0.3, -0.25) is 9.59 Å². The van der Waals surface area contributed by atoms with Crippen LogP contribution in [-0.2, 0) is 14.2 Å². The van der Waals surface area contributed by atoms with Crippen molar-refractivity contribution in [1.82, 2.24) is 15.5 Å². The highest BCUT2D eigenvalue weighted by Gasteiger charge is 2.44. The van der Waals surface area contributed by atoms with Gasteiger partial charge in [0.15, 0.2) is 5.78 Å². The van der Waals surface area contributed by atoms with Crippen molar-refractivity contribution < 1.29 is 33.1 Å². The molecule has 2 aromatic rings. The number of hydrogen-bond acceptors (Lipinski definition) is 8. The second-order valence-electron chi connectivity index (χ2n) is 11.7. The maximum atomic E-state index is 14.7. The summed E-state index contributed by atoms with van der Waals surface area (Å²) in [5.41, 5.74) is -0.728. The first-order chi connectivity index (χ1) is 20.8. The minimum Gasteiger partial charge on any atom is -0.465 e. The van der Waals surface area contributed by atoms with Crippen molar-refractivity contribution in [3.8, 4) is 11.5 Å². The van der Waals surface area contributed by atoms with E-state index in [1.807, 2.05) is 43.7 Å². The van der Waals surface area contributed by atoms with Gasteiger partial charge < -0.3 is 29.7 Å². The zero-order valence-corrected chi connectivity index (χ0v) is 28.7. The standard InChI is InChI=1S/C31H44N3O7PS2/c1-7-10-26(32-28(35)25-11-8-9-20-34(25)29(36)27(31(2,3)4)33-30(37)38)42(39,40-21-12-16-23(43-5)17-13-21)41-22-14-18-24(44-6)19-15-22/h12-19,25-27,33H,7-11,20H2,1-6H3,(H,32,35)(H,37,38)/t25-,26+,27+/m0/s1. The third-order valence-electron chi connectivity index (χ3n) is 7.31. The maximum Gasteiger partial charge on any atom is 0.452 e. The Morgan fingerprint density at radius 2 is 1.48 bits per heavy atom. The van der Waals surface area contributed by atoms with Crippen LogP contribution >= 0.6 is 31.1 Å². The fourth-order valence-corrected chi connectivity index (χ4v) is 7.76. The highest BCUT2D eigenvalue weighted by molar-refractivity contribution is 7.98. The van der Waals surface area contributed by atoms with Crippen LogP contribution < -0.4 is 19.7 Å². The summed E-state index contributed by atoms with van der Waals surface area (Å²) in [5.74, 6) is -1.29. The first kappa shape index (κ1) is 35.7. The molecule has 0 unspecified atom stereocenters. The predicted octanol–water partition coefficient (Wildman–Crippen LogP) is 7.09. The van der Waals surface area contributed by atoms with Crippen molar-refractivity contribution in [2.24, 2.45) is 5.41 Å². The van der Waals surface area contributed by atoms with Crippen LogP contribution in [0.15, 0.2) is 58.3 Å². The van der Waals surface area contributed by atoms with E-state index in [1.165, 1.54) is 4.90 Å². The molecule has 1 aliphatic heterocycles. The van der Waals surface area contributed by atoms with E-state index >= 15 is 0 Å². The van der Waals surface area contributed by atoms with Gasteiger partial charge in [-0.1, -0.05) is 34.1 Å². The number of rotatable bonds is 13. The van der Waals surface area contributed by atoms with Crippen molar-refractivity contribution in [1.29, 1.82) is 0 Å². The van der Waals surface area contributed by atoms with E-state index in [0.29, 0.717) is 50.1 Å². The summed E-state index contributed by atoms with van der Waals surface area (Å²) in [6.45, 7) is 7.52. The Balaban J connectivity index is 1.94. The third kappa shape index (κ3) is 9.59. The molecule has 44 heavy (non-hydrogen) atoms. The van der Waals surface area contributed by atoms with Gasteiger partial charge in [0.05, 0.1) is 0 Å². The molecule has 13 heteroatoms. The molecule has 0 bridgehead atoms. The van der Waals surface area contributed by atoms with E-state index in [4.69, 9.17) is 9.05 Å². The molecule has 1 saturated heterocycles. The van der Waals surface area contributed by atoms with Crippen LogP contribution in [0, 0.1) is 5.41 Å². The van der Waals surface area contributed by atoms with Crippen molar-refractivity contribution in [2.75, 3.05) is 19.1 Å². The van der Waals surface area contributed by atoms with Gasteiger partial charge >= 0.3 is 13.7 Å². The number of nitrogens with zero attached hydrogens (tertiary/aromatic N) is 1. The first-order valence-corrected chi connectivity index (χ1v) is 18.7. The number of carboxylic acid groups (broad SMARTS) is 1. The van der Waals surface area contributed by atoms with E-state index in [0.717, 1.165) is 9.79 Å². The molecule has 0 radical (unpaired) electrons. The van der Waals surface area contributed by atoms with Gasteiger partial charge in [-0.25, -0.2) is 9.36 Å². The molecule has 0 aromatic heterocycles. The molecule has 3 rings (SSSR count). The van der Waals surface area contributed by atoms with Crippen molar-refractivity contribution in [3.63, 3.8) is 0 Å². The van der Waals surface area contributed by atoms with Crippen molar-refractivity contribution in [2.45, 2.75) is 87.5 Å². The lowest BCUT2D eigenvalue weighted by atomic mass is 9.85. The van der Waals surface area contributed by atoms with E-state index < -0.39 is 48.8 Å². The van der Waals surface area contributed by atoms with E-state index in [2.05, 4.69) is 10.6 Å². The number of benzene rings is 2. The molecule has 3 atom stereocenters. The molecule has 10 nitrogen and oxygen atoms in total. The van der Waals surface area contributed by atoms with Crippen LogP contribution in [0.5, 0.6) is 11.5 Å². The maximum absolute atomic E-state index is 14.7. The lowest BCUT2D eigenvalue weighted by Crippen LogP contribution is -2.61. The lowest BCUT2D eigenvalue weighted by molar-refractivity contribution is -0.145. The van der Waals surface area contributed by atoms with Gasteiger partial charge in [0, 0.05) is 16.3 Å². The van der Waals surface area contributed by atoms with Crippen molar-refractivity contribution >= 4 is 49.0 Å². The highest BCUT2D eigenvalue weighted by Crippen LogP contribution is 2.53. The van der Waals surface area contributed by atoms with Crippen LogP contribution in [0.2, 0.25) is 0 Å². The number of nitrogens with one attached hydrogen (secondary N) is 2. The molecular weight excluding hydrogens is 621 g/mol. The largest absolute Gasteiger partial charge is 0.465 e. The second-order valence-corrected chi connectivity index (χ2v) is 15.5. The van der Waals surface area contributed by atoms with E-state index in [-0.39, 0.29) is 0 Å². The summed E-state index contributed by atoms with van der Waals surface area (Å²) >= 11 is 3.13. The second kappa shape index (κ2) is 16.0. The zero-order valence-electron chi connectivity index (χ0n) is 26.2. The minimum absolute atomic E-state index is 0.292. The molecule has 3 amide bonds. The fourth-order valence-electron chi connectivity index (χ4n) is 4.96. The lowest BCUT2D eigenvalue weighted by Gasteiger charge is -2.40. The number of hydrogen-bond donors (Lipinski definition) is 3. The third-order valence-corrected chi connectivity index (χ3v) is 10.9. The Morgan fingerprint density at radius 3 is 1.91 bits per heavy atom. The first-order valence-electron chi connectivity index (χ1n) is 14.7. The van der Waals surface area contributed by atoms with Crippen LogP contribution in [0.1, 0.15) is 59.8 Å². The number of carbonyl (C=O) groups excluding carboxylic acids is 2. The molecule has 0 spiro atoms. The Hall–Kier alpha value is -2.82. The van der Waals surface area contributed by atoms with E-state index in [9.17, 15) is 24.1 Å². The number of thioether (sulfide) groups is 2. The Labute approximate surface area is 268 Å². The summed E-state index contributed by atoms with van der Waals surface area (Å²) in [6, 6.07) is 12.4. The van der Waals surface area contributed by atoms with E-state index in [1.54, 1.807) is 68.6 Å². The Kier molecular flexibility index (Phi) is 12.9. The average molecular weight is 666 g/mol. The quantitative estimate of drug-likeness (QED) is 0.151. The normalized spacial score (nSPS) is 16.9. The van der Waals surface area contributed by atoms with Crippen LogP contribution in [0.3, 0.4) is 0 Å². The zero-order chi connectivity index (χ0) is 32.5. The SMILES string of the molecule is CCC[C@H](NC(=O)[C@@H]1CCCCN1C(=O)[C@@H](NC(=O)O)C(C)(C)C)P(=O)(Oc1ccc(SC)cc1)Oc1ccc(SC)cc1. The Morgan fingerprint density at radius 1 is 0.955 bits per heavy atom. The molecule has 2 aromatic carbocycles. The minimum atomic E-state index is -4.09. The van der Waals surface area contributed by atoms with Gasteiger partial charge in [0.1, 0.15) is 23.6 Å². The fraction of sp³-hybridized carbons (Fsp3) is 0.516. The Bertz CT molecular complexity index is 1270. The monoisotopic (exact) mass is 665 g/mol. The van der Waals surface area contributed by atoms with Gasteiger partial charge in [0.2, 0.25) is 11.8 Å². The molecule has 1 heterocycles. The molecule has 242 valence electrons. The summed E-state index contributed by atoms with van der Waals surface area (Å²) < 4.78 is 26.9. The molecule has 0 aliphatic carbocycles. The van der Waals surface area contributed by atoms with Gasteiger partial charge in [-0.2, -0.15) is 0 Å². The summed E-state index contributed by atoms with van der Waals surface area (Å²) in [5, 5.41) is 14.7. The topological polar surface area (TPSA) is 134 Å². The highest BCUT2D eigenvalue weighted by atomic mass is 32.2. The average Bonchev–Trinajstić information content (AvgIpc) is 2.99. The number of piperidine rings is 1. The summed E-state index contributed by atoms with van der Waals surface area (Å²) in [7, 11) is -4.09. The molecule has 0 saturated carbocycles. The number of carbonyl (C=O) groups is 3. The van der Waals surface area contributed by atoms with Crippen LogP contribution in [-0.4, -0.2) is 64.8 Å². The van der Waals surface area contributed by atoms with Gasteiger partial charge in [0.25, 0.3) is 0 Å². The van der Waals surface area contributed by atoms with Crippen molar-refractivity contribution in [3.05, 3.63) is 48.5 Å². The molecule has 3 N–H and O–H groups in total. The number of likely N-dealkylation sites (tertiary alicyclic amines) is 1. The van der Waals surface area contributed by atoms with Gasteiger partial charge in [-0.05, 0) is 92.1 Å². The smallest absolute Gasteiger partial charge is 0.452 e. The molecule has 1 fully saturated rings. The predicted molar refractivity (Wildman–Crippen MR) is 176 cm³/mol. The summed E-state index contributed by atoms with van der Waals surface area (Å²) in [6.07, 6.45) is 5.23. The van der Waals surface area contributed by atoms with Crippen LogP contribution in [0.4, 0.5) is 4.79 Å². The number of amides is 3. The van der Waals surface area contributed by atoms with Gasteiger partial charge in [-0.15, -0.1) is 23.5 Å². The molecular formula is C31H44N3O7PS2. The summed E-state index contributed by atoms with van der Waals surface area (Å²) in [4.78, 5) is 42.6.